The number of hydrogen-bond donors (Lipinski definition) is 1. The number of nitrogens with two attached hydrogens (primary N) is 1. The molecule has 0 atom stereocenters. The highest BCUT2D eigenvalue weighted by atomic mass is 16.6. The van der Waals surface area contributed by atoms with Crippen LogP contribution in [0.5, 0.6) is 11.8 Å². The second-order valence-electron chi connectivity index (χ2n) is 5.04. The molecule has 1 fully saturated rings. The van der Waals surface area contributed by atoms with Gasteiger partial charge in [-0.2, -0.15) is 4.98 Å². The molecule has 1 saturated heterocycles. The molecule has 0 saturated carbocycles. The molecule has 1 aromatic rings. The number of ether oxygens (including phenoxy) is 3. The Labute approximate surface area is 101 Å². The molecule has 5 nitrogen and oxygen atoms in total. The van der Waals surface area contributed by atoms with Crippen molar-refractivity contribution in [3.05, 3.63) is 12.1 Å². The molecule has 0 amide bonds. The molecule has 0 unspecified atom stereocenters. The van der Waals surface area contributed by atoms with Crippen molar-refractivity contribution in [3.63, 3.8) is 0 Å². The molecule has 0 bridgehead atoms. The van der Waals surface area contributed by atoms with E-state index in [1.165, 1.54) is 0 Å². The summed E-state index contributed by atoms with van der Waals surface area (Å²) in [4.78, 5) is 4.25. The predicted molar refractivity (Wildman–Crippen MR) is 64.3 cm³/mol. The Bertz CT molecular complexity index is 397. The lowest BCUT2D eigenvalue weighted by atomic mass is 10.2. The van der Waals surface area contributed by atoms with Crippen LogP contribution in [-0.4, -0.2) is 29.9 Å². The van der Waals surface area contributed by atoms with Crippen molar-refractivity contribution in [1.82, 2.24) is 4.98 Å². The van der Waals surface area contributed by atoms with Crippen LogP contribution in [0.1, 0.15) is 20.8 Å². The van der Waals surface area contributed by atoms with Gasteiger partial charge in [-0.1, -0.05) is 0 Å². The average molecular weight is 238 g/mol. The Balaban J connectivity index is 2.10. The molecule has 94 valence electrons. The van der Waals surface area contributed by atoms with Crippen LogP contribution in [0, 0.1) is 0 Å². The van der Waals surface area contributed by atoms with Crippen LogP contribution < -0.4 is 15.2 Å². The minimum absolute atomic E-state index is 0.0913. The summed E-state index contributed by atoms with van der Waals surface area (Å²) in [5.74, 6) is 0.932. The third-order valence-corrected chi connectivity index (χ3v) is 2.16. The molecule has 5 heteroatoms. The van der Waals surface area contributed by atoms with Crippen molar-refractivity contribution in [1.29, 1.82) is 0 Å². The van der Waals surface area contributed by atoms with Gasteiger partial charge in [-0.15, -0.1) is 0 Å². The van der Waals surface area contributed by atoms with E-state index in [2.05, 4.69) is 4.98 Å². The number of pyridine rings is 1. The lowest BCUT2D eigenvalue weighted by Gasteiger charge is -2.27. The molecule has 0 radical (unpaired) electrons. The highest BCUT2D eigenvalue weighted by molar-refractivity contribution is 5.49. The van der Waals surface area contributed by atoms with Crippen LogP contribution in [0.3, 0.4) is 0 Å². The van der Waals surface area contributed by atoms with Crippen molar-refractivity contribution >= 4 is 5.69 Å². The lowest BCUT2D eigenvalue weighted by Crippen LogP contribution is -2.38. The third-order valence-electron chi connectivity index (χ3n) is 2.16. The first kappa shape index (κ1) is 12.0. The molecule has 0 spiro atoms. The van der Waals surface area contributed by atoms with Gasteiger partial charge in [0.15, 0.2) is 0 Å². The van der Waals surface area contributed by atoms with Gasteiger partial charge in [0.1, 0.15) is 11.7 Å². The summed E-state index contributed by atoms with van der Waals surface area (Å²) in [5.41, 5.74) is 5.98. The summed E-state index contributed by atoms with van der Waals surface area (Å²) in [6.07, 6.45) is 0.0913. The van der Waals surface area contributed by atoms with Gasteiger partial charge in [-0.05, 0) is 26.8 Å². The summed E-state index contributed by atoms with van der Waals surface area (Å²) < 4.78 is 16.3. The minimum atomic E-state index is -0.334. The zero-order valence-electron chi connectivity index (χ0n) is 10.4. The van der Waals surface area contributed by atoms with E-state index < -0.39 is 0 Å². The van der Waals surface area contributed by atoms with Crippen LogP contribution in [0.15, 0.2) is 12.1 Å². The third kappa shape index (κ3) is 3.23. The van der Waals surface area contributed by atoms with Gasteiger partial charge in [-0.25, -0.2) is 0 Å². The maximum absolute atomic E-state index is 5.81. The molecule has 1 aliphatic heterocycles. The van der Waals surface area contributed by atoms with E-state index in [1.807, 2.05) is 20.8 Å². The fraction of sp³-hybridized carbons (Fsp3) is 0.583. The first-order valence-electron chi connectivity index (χ1n) is 5.64. The molecule has 1 aromatic heterocycles. The first-order chi connectivity index (χ1) is 7.94. The largest absolute Gasteiger partial charge is 0.470 e. The van der Waals surface area contributed by atoms with Crippen molar-refractivity contribution in [2.75, 3.05) is 18.9 Å². The monoisotopic (exact) mass is 238 g/mol. The van der Waals surface area contributed by atoms with E-state index in [4.69, 9.17) is 19.9 Å². The van der Waals surface area contributed by atoms with Crippen molar-refractivity contribution in [2.24, 2.45) is 0 Å². The van der Waals surface area contributed by atoms with E-state index in [0.717, 1.165) is 0 Å². The van der Waals surface area contributed by atoms with Gasteiger partial charge in [0.2, 0.25) is 11.8 Å². The Morgan fingerprint density at radius 2 is 2.06 bits per heavy atom. The number of hydrogen-bond acceptors (Lipinski definition) is 5. The maximum atomic E-state index is 5.81. The van der Waals surface area contributed by atoms with Crippen LogP contribution >= 0.6 is 0 Å². The molecule has 2 heterocycles. The Hall–Kier alpha value is -1.49. The van der Waals surface area contributed by atoms with Crippen molar-refractivity contribution in [3.8, 4) is 11.8 Å². The second kappa shape index (κ2) is 4.41. The predicted octanol–water partition coefficient (Wildman–Crippen LogP) is 1.62. The van der Waals surface area contributed by atoms with Gasteiger partial charge in [-0.3, -0.25) is 0 Å². The smallest absolute Gasteiger partial charge is 0.241 e. The Morgan fingerprint density at radius 1 is 1.35 bits per heavy atom. The number of nitrogens with zero attached hydrogens (tertiary/aromatic N) is 1. The van der Waals surface area contributed by atoms with Gasteiger partial charge in [0.05, 0.1) is 18.9 Å². The zero-order valence-corrected chi connectivity index (χ0v) is 10.4. The first-order valence-corrected chi connectivity index (χ1v) is 5.64. The molecular weight excluding hydrogens is 220 g/mol. The topological polar surface area (TPSA) is 66.6 Å². The molecule has 17 heavy (non-hydrogen) atoms. The minimum Gasteiger partial charge on any atom is -0.470 e. The van der Waals surface area contributed by atoms with Crippen LogP contribution in [0.25, 0.3) is 0 Å². The number of rotatable bonds is 3. The summed E-state index contributed by atoms with van der Waals surface area (Å²) in [7, 11) is 0. The Morgan fingerprint density at radius 3 is 2.59 bits per heavy atom. The van der Waals surface area contributed by atoms with E-state index in [9.17, 15) is 0 Å². The number of nitrogen functional groups attached to an aromatic ring is 1. The SMILES string of the molecule is CC(C)(C)Oc1nc(OC2COC2)ccc1N. The van der Waals surface area contributed by atoms with Crippen LogP contribution in [0.2, 0.25) is 0 Å². The summed E-state index contributed by atoms with van der Waals surface area (Å²) in [6, 6.07) is 3.48. The zero-order chi connectivity index (χ0) is 12.5. The average Bonchev–Trinajstić information content (AvgIpc) is 2.14. The van der Waals surface area contributed by atoms with E-state index in [1.54, 1.807) is 12.1 Å². The standard InChI is InChI=1S/C12H18N2O3/c1-12(2,3)17-11-9(13)4-5-10(14-11)16-8-6-15-7-8/h4-5,8H,6-7,13H2,1-3H3. The van der Waals surface area contributed by atoms with Gasteiger partial charge in [0, 0.05) is 6.07 Å². The summed E-state index contributed by atoms with van der Waals surface area (Å²) in [6.45, 7) is 7.06. The van der Waals surface area contributed by atoms with Gasteiger partial charge >= 0.3 is 0 Å². The molecule has 0 aromatic carbocycles. The number of anilines is 1. The Kier molecular flexibility index (Phi) is 3.11. The fourth-order valence-electron chi connectivity index (χ4n) is 1.32. The van der Waals surface area contributed by atoms with Crippen LogP contribution in [0.4, 0.5) is 5.69 Å². The normalized spacial score (nSPS) is 16.4. The highest BCUT2D eigenvalue weighted by Crippen LogP contribution is 2.26. The maximum Gasteiger partial charge on any atom is 0.241 e. The number of aromatic nitrogens is 1. The molecule has 1 aliphatic rings. The van der Waals surface area contributed by atoms with E-state index in [-0.39, 0.29) is 11.7 Å². The van der Waals surface area contributed by atoms with E-state index in [0.29, 0.717) is 30.7 Å². The highest BCUT2D eigenvalue weighted by Gasteiger charge is 2.22. The summed E-state index contributed by atoms with van der Waals surface area (Å²) >= 11 is 0. The molecule has 2 rings (SSSR count). The molecular formula is C12H18N2O3. The van der Waals surface area contributed by atoms with Gasteiger partial charge < -0.3 is 19.9 Å². The fourth-order valence-corrected chi connectivity index (χ4v) is 1.32. The van der Waals surface area contributed by atoms with Crippen molar-refractivity contribution in [2.45, 2.75) is 32.5 Å². The van der Waals surface area contributed by atoms with E-state index >= 15 is 0 Å². The summed E-state index contributed by atoms with van der Waals surface area (Å²) in [5, 5.41) is 0. The lowest BCUT2D eigenvalue weighted by molar-refractivity contribution is -0.0815. The van der Waals surface area contributed by atoms with Crippen LogP contribution in [-0.2, 0) is 4.74 Å². The molecule has 2 N–H and O–H groups in total. The second-order valence-corrected chi connectivity index (χ2v) is 5.04. The molecule has 0 aliphatic carbocycles. The van der Waals surface area contributed by atoms with Gasteiger partial charge in [0.25, 0.3) is 0 Å². The quantitative estimate of drug-likeness (QED) is 0.866. The van der Waals surface area contributed by atoms with Crippen molar-refractivity contribution < 1.29 is 14.2 Å².